The first kappa shape index (κ1) is 27.5. The fourth-order valence-corrected chi connectivity index (χ4v) is 4.77. The number of benzene rings is 3. The quantitative estimate of drug-likeness (QED) is 0.243. The zero-order valence-electron chi connectivity index (χ0n) is 22.5. The number of carbonyl (C=O) groups excluding carboxylic acids is 1. The molecule has 1 N–H and O–H groups in total. The molecule has 0 unspecified atom stereocenters. The van der Waals surface area contributed by atoms with E-state index in [1.165, 1.54) is 0 Å². The van der Waals surface area contributed by atoms with Crippen molar-refractivity contribution in [2.45, 2.75) is 25.9 Å². The zero-order valence-corrected chi connectivity index (χ0v) is 22.5. The van der Waals surface area contributed by atoms with Crippen LogP contribution in [0, 0.1) is 0 Å². The number of aromatic nitrogens is 1. The normalized spacial score (nSPS) is 12.1. The lowest BCUT2D eigenvalue weighted by atomic mass is 9.94. The third-order valence-electron chi connectivity index (χ3n) is 6.79. The van der Waals surface area contributed by atoms with Crippen LogP contribution in [0.1, 0.15) is 40.9 Å². The third kappa shape index (κ3) is 6.64. The summed E-state index contributed by atoms with van der Waals surface area (Å²) in [7, 11) is 3.41. The van der Waals surface area contributed by atoms with Gasteiger partial charge in [0.2, 0.25) is 0 Å². The molecule has 4 rings (SSSR count). The largest absolute Gasteiger partial charge is 0.383 e. The Morgan fingerprint density at radius 1 is 0.868 bits per heavy atom. The van der Waals surface area contributed by atoms with Crippen LogP contribution in [-0.4, -0.2) is 56.3 Å². The molecule has 0 bridgehead atoms. The number of nitrogens with one attached hydrogen (secondary N) is 1. The number of rotatable bonds is 13. The van der Waals surface area contributed by atoms with Crippen molar-refractivity contribution < 1.29 is 14.3 Å². The molecular formula is C32H37N3O3. The van der Waals surface area contributed by atoms with Crippen LogP contribution >= 0.6 is 0 Å². The number of para-hydroxylation sites is 1. The number of amides is 1. The summed E-state index contributed by atoms with van der Waals surface area (Å²) in [5.74, 6) is -0.0927. The van der Waals surface area contributed by atoms with Gasteiger partial charge in [0, 0.05) is 50.4 Å². The number of hydrogen-bond acceptors (Lipinski definition) is 5. The van der Waals surface area contributed by atoms with Crippen molar-refractivity contribution in [3.8, 4) is 11.3 Å². The number of nitrogens with zero attached hydrogens (tertiary/aromatic N) is 2. The van der Waals surface area contributed by atoms with Crippen molar-refractivity contribution in [3.05, 3.63) is 102 Å². The molecule has 0 saturated carbocycles. The van der Waals surface area contributed by atoms with Crippen molar-refractivity contribution >= 4 is 16.8 Å². The minimum atomic E-state index is -0.0956. The van der Waals surface area contributed by atoms with Gasteiger partial charge in [-0.25, -0.2) is 4.98 Å². The molecule has 6 heteroatoms. The maximum absolute atomic E-state index is 14.2. The summed E-state index contributed by atoms with van der Waals surface area (Å²) in [6.07, 6.45) is 0.785. The summed E-state index contributed by atoms with van der Waals surface area (Å²) in [5, 5.41) is 4.18. The van der Waals surface area contributed by atoms with Crippen LogP contribution in [0.3, 0.4) is 0 Å². The number of pyridine rings is 1. The molecule has 0 saturated heterocycles. The van der Waals surface area contributed by atoms with E-state index in [1.807, 2.05) is 60.7 Å². The summed E-state index contributed by atoms with van der Waals surface area (Å²) < 4.78 is 10.8. The van der Waals surface area contributed by atoms with E-state index < -0.39 is 0 Å². The molecule has 1 heterocycles. The van der Waals surface area contributed by atoms with E-state index in [1.54, 1.807) is 14.2 Å². The fraction of sp³-hybridized carbons (Fsp3) is 0.312. The second kappa shape index (κ2) is 13.8. The van der Waals surface area contributed by atoms with Gasteiger partial charge in [-0.3, -0.25) is 9.69 Å². The molecule has 0 radical (unpaired) electrons. The van der Waals surface area contributed by atoms with Crippen LogP contribution in [0.15, 0.2) is 84.9 Å². The Kier molecular flexibility index (Phi) is 9.98. The first-order valence-corrected chi connectivity index (χ1v) is 13.2. The standard InChI is InChI=1S/C32H37N3O3/c1-4-28(24-13-7-5-8-14-24)34-32(36)30-26-17-11-12-18-29(26)33-31(25-15-9-6-10-16-25)27(30)23-35(19-21-37-2)20-22-38-3/h5-18,28H,4,19-23H2,1-3H3,(H,34,36)/t28-/m0/s1. The van der Waals surface area contributed by atoms with Gasteiger partial charge in [0.15, 0.2) is 0 Å². The molecule has 0 aliphatic carbocycles. The smallest absolute Gasteiger partial charge is 0.252 e. The van der Waals surface area contributed by atoms with E-state index in [-0.39, 0.29) is 11.9 Å². The number of hydrogen-bond donors (Lipinski definition) is 1. The second-order valence-corrected chi connectivity index (χ2v) is 9.30. The Hall–Kier alpha value is -3.58. The first-order chi connectivity index (χ1) is 18.7. The Morgan fingerprint density at radius 3 is 2.11 bits per heavy atom. The van der Waals surface area contributed by atoms with E-state index in [0.717, 1.165) is 39.7 Å². The van der Waals surface area contributed by atoms with Gasteiger partial charge in [0.25, 0.3) is 5.91 Å². The average Bonchev–Trinajstić information content (AvgIpc) is 2.97. The van der Waals surface area contributed by atoms with Gasteiger partial charge < -0.3 is 14.8 Å². The van der Waals surface area contributed by atoms with Crippen LogP contribution < -0.4 is 5.32 Å². The average molecular weight is 512 g/mol. The van der Waals surface area contributed by atoms with Crippen LogP contribution in [-0.2, 0) is 16.0 Å². The molecule has 1 amide bonds. The predicted molar refractivity (Wildman–Crippen MR) is 153 cm³/mol. The molecular weight excluding hydrogens is 474 g/mol. The van der Waals surface area contributed by atoms with E-state index >= 15 is 0 Å². The number of fused-ring (bicyclic) bond motifs is 1. The highest BCUT2D eigenvalue weighted by Gasteiger charge is 2.25. The fourth-order valence-electron chi connectivity index (χ4n) is 4.77. The topological polar surface area (TPSA) is 63.7 Å². The molecule has 1 aromatic heterocycles. The minimum Gasteiger partial charge on any atom is -0.383 e. The Bertz CT molecular complexity index is 1300. The lowest BCUT2D eigenvalue weighted by molar-refractivity contribution is 0.0931. The lowest BCUT2D eigenvalue weighted by Gasteiger charge is -2.26. The van der Waals surface area contributed by atoms with Gasteiger partial charge in [-0.2, -0.15) is 0 Å². The summed E-state index contributed by atoms with van der Waals surface area (Å²) in [6, 6.07) is 28.0. The molecule has 0 aliphatic rings. The maximum atomic E-state index is 14.2. The van der Waals surface area contributed by atoms with Gasteiger partial charge in [-0.15, -0.1) is 0 Å². The minimum absolute atomic E-state index is 0.0927. The zero-order chi connectivity index (χ0) is 26.7. The van der Waals surface area contributed by atoms with Crippen molar-refractivity contribution in [3.63, 3.8) is 0 Å². The molecule has 1 atom stereocenters. The van der Waals surface area contributed by atoms with Crippen LogP contribution in [0.5, 0.6) is 0 Å². The van der Waals surface area contributed by atoms with Crippen LogP contribution in [0.2, 0.25) is 0 Å². The van der Waals surface area contributed by atoms with Crippen LogP contribution in [0.25, 0.3) is 22.2 Å². The lowest BCUT2D eigenvalue weighted by Crippen LogP contribution is -2.33. The third-order valence-corrected chi connectivity index (χ3v) is 6.79. The molecule has 198 valence electrons. The van der Waals surface area contributed by atoms with Crippen molar-refractivity contribution in [2.75, 3.05) is 40.5 Å². The van der Waals surface area contributed by atoms with Gasteiger partial charge in [-0.05, 0) is 18.1 Å². The van der Waals surface area contributed by atoms with Gasteiger partial charge in [0.1, 0.15) is 0 Å². The highest BCUT2D eigenvalue weighted by molar-refractivity contribution is 6.09. The Morgan fingerprint density at radius 2 is 1.47 bits per heavy atom. The van der Waals surface area contributed by atoms with E-state index in [2.05, 4.69) is 41.4 Å². The molecule has 0 spiro atoms. The molecule has 4 aromatic rings. The van der Waals surface area contributed by atoms with Gasteiger partial charge in [0.05, 0.1) is 36.0 Å². The highest BCUT2D eigenvalue weighted by Crippen LogP contribution is 2.32. The molecule has 0 fully saturated rings. The summed E-state index contributed by atoms with van der Waals surface area (Å²) in [4.78, 5) is 21.6. The van der Waals surface area contributed by atoms with Crippen molar-refractivity contribution in [1.29, 1.82) is 0 Å². The Labute approximate surface area is 225 Å². The van der Waals surface area contributed by atoms with Crippen LogP contribution in [0.4, 0.5) is 0 Å². The molecule has 0 aliphatic heterocycles. The highest BCUT2D eigenvalue weighted by atomic mass is 16.5. The number of carbonyl (C=O) groups is 1. The van der Waals surface area contributed by atoms with Crippen molar-refractivity contribution in [1.82, 2.24) is 15.2 Å². The van der Waals surface area contributed by atoms with E-state index in [9.17, 15) is 4.79 Å². The van der Waals surface area contributed by atoms with Gasteiger partial charge in [-0.1, -0.05) is 85.8 Å². The van der Waals surface area contributed by atoms with Gasteiger partial charge >= 0.3 is 0 Å². The molecule has 3 aromatic carbocycles. The summed E-state index contributed by atoms with van der Waals surface area (Å²) in [6.45, 7) is 5.22. The maximum Gasteiger partial charge on any atom is 0.252 e. The summed E-state index contributed by atoms with van der Waals surface area (Å²) in [5.41, 5.74) is 5.27. The summed E-state index contributed by atoms with van der Waals surface area (Å²) >= 11 is 0. The molecule has 38 heavy (non-hydrogen) atoms. The predicted octanol–water partition coefficient (Wildman–Crippen LogP) is 5.88. The SMILES string of the molecule is CC[C@H](NC(=O)c1c(CN(CCOC)CCOC)c(-c2ccccc2)nc2ccccc12)c1ccccc1. The molecule has 6 nitrogen and oxygen atoms in total. The number of ether oxygens (including phenoxy) is 2. The van der Waals surface area contributed by atoms with E-state index in [0.29, 0.717) is 38.4 Å². The first-order valence-electron chi connectivity index (χ1n) is 13.2. The van der Waals surface area contributed by atoms with Crippen molar-refractivity contribution in [2.24, 2.45) is 0 Å². The van der Waals surface area contributed by atoms with E-state index in [4.69, 9.17) is 14.5 Å². The Balaban J connectivity index is 1.87. The number of methoxy groups -OCH3 is 2. The second-order valence-electron chi connectivity index (χ2n) is 9.30. The monoisotopic (exact) mass is 511 g/mol.